The predicted octanol–water partition coefficient (Wildman–Crippen LogP) is 4.07. The Balaban J connectivity index is 3.31. The Morgan fingerprint density at radius 1 is 1.06 bits per heavy atom. The minimum absolute atomic E-state index is 0.433. The summed E-state index contributed by atoms with van der Waals surface area (Å²) in [4.78, 5) is 0. The monoisotopic (exact) mass is 324 g/mol. The highest BCUT2D eigenvalue weighted by Crippen LogP contribution is 2.45. The number of hydrogen-bond donors (Lipinski definition) is 1. The summed E-state index contributed by atoms with van der Waals surface area (Å²) < 4.78 is 75.0. The van der Waals surface area contributed by atoms with Gasteiger partial charge in [-0.05, 0) is 28.1 Å². The third kappa shape index (κ3) is 3.42. The van der Waals surface area contributed by atoms with E-state index in [0.29, 0.717) is 12.1 Å². The topological polar surface area (TPSA) is 29.5 Å². The van der Waals surface area contributed by atoms with E-state index in [4.69, 9.17) is 5.11 Å². The van der Waals surface area contributed by atoms with E-state index in [1.807, 2.05) is 0 Å². The smallest absolute Gasteiger partial charge is 0.504 e. The van der Waals surface area contributed by atoms with E-state index < -0.39 is 34.1 Å². The summed E-state index contributed by atoms with van der Waals surface area (Å²) in [6.45, 7) is 0. The standard InChI is InChI=1S/C8H3BrF6O2/c9-5-3(7(10,11)12)1-2-4(16)6(5)17-8(13,14)15/h1-2,16H. The molecule has 0 radical (unpaired) electrons. The van der Waals surface area contributed by atoms with Gasteiger partial charge in [-0.15, -0.1) is 13.2 Å². The molecule has 0 aliphatic heterocycles. The second-order valence-electron chi connectivity index (χ2n) is 2.82. The Kier molecular flexibility index (Phi) is 3.51. The molecule has 0 atom stereocenters. The molecule has 0 spiro atoms. The number of ether oxygens (including phenoxy) is 1. The lowest BCUT2D eigenvalue weighted by Crippen LogP contribution is -2.18. The molecule has 0 amide bonds. The van der Waals surface area contributed by atoms with Gasteiger partial charge in [-0.3, -0.25) is 0 Å². The van der Waals surface area contributed by atoms with Gasteiger partial charge < -0.3 is 9.84 Å². The summed E-state index contributed by atoms with van der Waals surface area (Å²) in [5.74, 6) is -2.38. The first kappa shape index (κ1) is 13.9. The van der Waals surface area contributed by atoms with Crippen molar-refractivity contribution in [3.63, 3.8) is 0 Å². The fourth-order valence-corrected chi connectivity index (χ4v) is 1.62. The van der Waals surface area contributed by atoms with Crippen molar-refractivity contribution < 1.29 is 36.2 Å². The van der Waals surface area contributed by atoms with Crippen LogP contribution in [0.1, 0.15) is 5.56 Å². The van der Waals surface area contributed by atoms with Crippen molar-refractivity contribution in [2.75, 3.05) is 0 Å². The van der Waals surface area contributed by atoms with Gasteiger partial charge in [0.05, 0.1) is 10.0 Å². The number of aromatic hydroxyl groups is 1. The summed E-state index contributed by atoms with van der Waals surface area (Å²) in [6.07, 6.45) is -10.1. The molecule has 0 aliphatic rings. The summed E-state index contributed by atoms with van der Waals surface area (Å²) in [6, 6.07) is 0.900. The van der Waals surface area contributed by atoms with Crippen LogP contribution in [0.25, 0.3) is 0 Å². The molecule has 1 N–H and O–H groups in total. The molecule has 9 heteroatoms. The lowest BCUT2D eigenvalue weighted by molar-refractivity contribution is -0.275. The number of benzene rings is 1. The molecule has 0 saturated heterocycles. The first-order chi connectivity index (χ1) is 7.52. The van der Waals surface area contributed by atoms with Gasteiger partial charge in [-0.25, -0.2) is 0 Å². The number of halogens is 7. The second-order valence-corrected chi connectivity index (χ2v) is 3.61. The van der Waals surface area contributed by atoms with E-state index in [1.54, 1.807) is 0 Å². The first-order valence-corrected chi connectivity index (χ1v) is 4.66. The SMILES string of the molecule is Oc1ccc(C(F)(F)F)c(Br)c1OC(F)(F)F. The molecule has 0 aliphatic carbocycles. The quantitative estimate of drug-likeness (QED) is 0.789. The van der Waals surface area contributed by atoms with E-state index in [9.17, 15) is 26.3 Å². The summed E-state index contributed by atoms with van der Waals surface area (Å²) in [5, 5.41) is 9.02. The molecule has 0 bridgehead atoms. The van der Waals surface area contributed by atoms with Gasteiger partial charge in [0.2, 0.25) is 0 Å². The van der Waals surface area contributed by atoms with Crippen LogP contribution in [0.4, 0.5) is 26.3 Å². The van der Waals surface area contributed by atoms with Crippen molar-refractivity contribution in [3.05, 3.63) is 22.2 Å². The Bertz CT molecular complexity index is 425. The Labute approximate surface area is 98.9 Å². The lowest BCUT2D eigenvalue weighted by atomic mass is 10.2. The maximum absolute atomic E-state index is 12.3. The maximum Gasteiger partial charge on any atom is 0.573 e. The second kappa shape index (κ2) is 4.28. The molecular weight excluding hydrogens is 322 g/mol. The number of phenols is 1. The van der Waals surface area contributed by atoms with E-state index in [0.717, 1.165) is 0 Å². The van der Waals surface area contributed by atoms with Crippen LogP contribution in [0.2, 0.25) is 0 Å². The minimum Gasteiger partial charge on any atom is -0.504 e. The molecule has 0 heterocycles. The van der Waals surface area contributed by atoms with Crippen LogP contribution in [-0.2, 0) is 6.18 Å². The zero-order chi connectivity index (χ0) is 13.4. The van der Waals surface area contributed by atoms with Crippen molar-refractivity contribution in [2.45, 2.75) is 12.5 Å². The largest absolute Gasteiger partial charge is 0.573 e. The molecule has 17 heavy (non-hydrogen) atoms. The van der Waals surface area contributed by atoms with Crippen molar-refractivity contribution in [3.8, 4) is 11.5 Å². The van der Waals surface area contributed by atoms with Gasteiger partial charge in [0, 0.05) is 0 Å². The fraction of sp³-hybridized carbons (Fsp3) is 0.250. The van der Waals surface area contributed by atoms with E-state index in [1.165, 1.54) is 0 Å². The lowest BCUT2D eigenvalue weighted by Gasteiger charge is -2.15. The van der Waals surface area contributed by atoms with Crippen LogP contribution in [0, 0.1) is 0 Å². The van der Waals surface area contributed by atoms with Crippen LogP contribution in [-0.4, -0.2) is 11.5 Å². The molecule has 0 fully saturated rings. The molecule has 96 valence electrons. The average molecular weight is 325 g/mol. The average Bonchev–Trinajstić information content (AvgIpc) is 2.08. The van der Waals surface area contributed by atoms with Gasteiger partial charge in [-0.1, -0.05) is 0 Å². The molecule has 1 aromatic carbocycles. The van der Waals surface area contributed by atoms with Crippen LogP contribution in [0.3, 0.4) is 0 Å². The number of hydrogen-bond acceptors (Lipinski definition) is 2. The molecule has 1 rings (SSSR count). The van der Waals surface area contributed by atoms with Crippen LogP contribution < -0.4 is 4.74 Å². The van der Waals surface area contributed by atoms with Crippen LogP contribution >= 0.6 is 15.9 Å². The number of phenolic OH excluding ortho intramolecular Hbond substituents is 1. The van der Waals surface area contributed by atoms with E-state index >= 15 is 0 Å². The summed E-state index contributed by atoms with van der Waals surface area (Å²) in [7, 11) is 0. The molecule has 0 aromatic heterocycles. The zero-order valence-corrected chi connectivity index (χ0v) is 9.24. The van der Waals surface area contributed by atoms with Gasteiger partial charge in [0.1, 0.15) is 0 Å². The summed E-state index contributed by atoms with van der Waals surface area (Å²) in [5.41, 5.74) is -1.38. The minimum atomic E-state index is -5.20. The Hall–Kier alpha value is -1.12. The van der Waals surface area contributed by atoms with Gasteiger partial charge in [0.25, 0.3) is 0 Å². The molecule has 2 nitrogen and oxygen atoms in total. The Morgan fingerprint density at radius 2 is 1.59 bits per heavy atom. The first-order valence-electron chi connectivity index (χ1n) is 3.87. The Morgan fingerprint density at radius 3 is 2.00 bits per heavy atom. The number of rotatable bonds is 1. The highest BCUT2D eigenvalue weighted by atomic mass is 79.9. The van der Waals surface area contributed by atoms with Crippen LogP contribution in [0.5, 0.6) is 11.5 Å². The molecule has 1 aromatic rings. The normalized spacial score (nSPS) is 12.6. The van der Waals surface area contributed by atoms with E-state index in [2.05, 4.69) is 20.7 Å². The van der Waals surface area contributed by atoms with Crippen molar-refractivity contribution >= 4 is 15.9 Å². The van der Waals surface area contributed by atoms with Gasteiger partial charge >= 0.3 is 12.5 Å². The van der Waals surface area contributed by atoms with Crippen LogP contribution in [0.15, 0.2) is 16.6 Å². The summed E-state index contributed by atoms with van der Waals surface area (Å²) >= 11 is 2.32. The molecular formula is C8H3BrF6O2. The number of alkyl halides is 6. The van der Waals surface area contributed by atoms with Crippen molar-refractivity contribution in [1.82, 2.24) is 0 Å². The van der Waals surface area contributed by atoms with E-state index in [-0.39, 0.29) is 0 Å². The highest BCUT2D eigenvalue weighted by Gasteiger charge is 2.38. The predicted molar refractivity (Wildman–Crippen MR) is 47.5 cm³/mol. The third-order valence-electron chi connectivity index (χ3n) is 1.60. The van der Waals surface area contributed by atoms with Gasteiger partial charge in [0.15, 0.2) is 11.5 Å². The van der Waals surface area contributed by atoms with Gasteiger partial charge in [-0.2, -0.15) is 13.2 Å². The van der Waals surface area contributed by atoms with Crippen molar-refractivity contribution in [2.24, 2.45) is 0 Å². The zero-order valence-electron chi connectivity index (χ0n) is 7.66. The molecule has 0 unspecified atom stereocenters. The van der Waals surface area contributed by atoms with Crippen molar-refractivity contribution in [1.29, 1.82) is 0 Å². The maximum atomic E-state index is 12.3. The third-order valence-corrected chi connectivity index (χ3v) is 2.39. The fourth-order valence-electron chi connectivity index (χ4n) is 0.978. The molecule has 0 saturated carbocycles. The highest BCUT2D eigenvalue weighted by molar-refractivity contribution is 9.10.